The van der Waals surface area contributed by atoms with E-state index in [9.17, 15) is 0 Å². The van der Waals surface area contributed by atoms with Crippen LogP contribution in [0.3, 0.4) is 0 Å². The lowest BCUT2D eigenvalue weighted by molar-refractivity contribution is 1.24. The molecule has 234 valence electrons. The molecule has 0 aliphatic heterocycles. The predicted octanol–water partition coefficient (Wildman–Crippen LogP) is 12.3. The van der Waals surface area contributed by atoms with Crippen molar-refractivity contribution in [1.29, 1.82) is 0 Å². The molecule has 0 amide bonds. The molecule has 0 saturated carbocycles. The Morgan fingerprint density at radius 1 is 0.300 bits per heavy atom. The Balaban J connectivity index is 1.04. The summed E-state index contributed by atoms with van der Waals surface area (Å²) < 4.78 is 4.64. The van der Waals surface area contributed by atoms with Crippen LogP contribution < -0.4 is 0 Å². The Morgan fingerprint density at radius 3 is 1.08 bits per heavy atom. The van der Waals surface area contributed by atoms with Crippen LogP contribution >= 0.6 is 22.7 Å². The second-order valence-electron chi connectivity index (χ2n) is 12.2. The molecule has 50 heavy (non-hydrogen) atoms. The van der Waals surface area contributed by atoms with Gasteiger partial charge in [-0.15, -0.1) is 22.7 Å². The third-order valence-corrected chi connectivity index (χ3v) is 11.5. The number of thiophene rings is 2. The molecule has 6 heteroatoms. The molecule has 0 spiro atoms. The summed E-state index contributed by atoms with van der Waals surface area (Å²) in [5.74, 6) is 1.48. The van der Waals surface area contributed by atoms with E-state index in [0.29, 0.717) is 0 Å². The third-order valence-electron chi connectivity index (χ3n) is 9.15. The van der Waals surface area contributed by atoms with Crippen molar-refractivity contribution in [3.8, 4) is 56.4 Å². The smallest absolute Gasteiger partial charge is 0.160 e. The molecule has 10 rings (SSSR count). The van der Waals surface area contributed by atoms with Crippen molar-refractivity contribution in [3.63, 3.8) is 0 Å². The highest BCUT2D eigenvalue weighted by atomic mass is 32.1. The van der Waals surface area contributed by atoms with Crippen LogP contribution in [0.4, 0.5) is 0 Å². The van der Waals surface area contributed by atoms with E-state index in [0.717, 1.165) is 87.6 Å². The summed E-state index contributed by atoms with van der Waals surface area (Å²) in [6.45, 7) is 0. The second-order valence-corrected chi connectivity index (χ2v) is 14.3. The van der Waals surface area contributed by atoms with Crippen LogP contribution in [0.1, 0.15) is 0 Å². The monoisotopic (exact) mass is 674 g/mol. The fraction of sp³-hybridized carbons (Fsp3) is 0. The van der Waals surface area contributed by atoms with Gasteiger partial charge in [-0.1, -0.05) is 146 Å². The van der Waals surface area contributed by atoms with E-state index in [1.165, 1.54) is 9.40 Å². The molecular formula is C44H26N4S2. The maximum Gasteiger partial charge on any atom is 0.160 e. The van der Waals surface area contributed by atoms with Crippen molar-refractivity contribution in [3.05, 3.63) is 158 Å². The Morgan fingerprint density at radius 2 is 0.660 bits per heavy atom. The minimum Gasteiger partial charge on any atom is -0.226 e. The molecular weight excluding hydrogens is 649 g/mol. The quantitative estimate of drug-likeness (QED) is 0.182. The van der Waals surface area contributed by atoms with Crippen molar-refractivity contribution in [2.45, 2.75) is 0 Å². The van der Waals surface area contributed by atoms with Gasteiger partial charge in [-0.05, 0) is 23.3 Å². The zero-order valence-corrected chi connectivity index (χ0v) is 28.2. The van der Waals surface area contributed by atoms with E-state index >= 15 is 0 Å². The SMILES string of the molecule is c1ccc(-c2nc(-c3ccc(-c4ccc(-c5nc(-c6ccccc6)nc6c5sc5ccccc56)cc4)cc3)c3sc4ccccc4c3n2)cc1. The number of benzene rings is 6. The standard InChI is InChI=1S/C44H26N4S2/c1-3-11-31(12-4-1)43-45-37(41-39(47-43)33-15-7-9-17-35(33)49-41)29-23-19-27(20-24-29)28-21-25-30(26-22-28)38-42-40(34-16-8-10-18-36(34)50-42)48-44(46-38)32-13-5-2-6-14-32/h1-26H. The fourth-order valence-corrected chi connectivity index (χ4v) is 8.95. The maximum atomic E-state index is 5.14. The molecule has 0 aliphatic rings. The van der Waals surface area contributed by atoms with Gasteiger partial charge in [0, 0.05) is 42.4 Å². The first-order valence-corrected chi connectivity index (χ1v) is 18.1. The van der Waals surface area contributed by atoms with Crippen molar-refractivity contribution in [2.75, 3.05) is 0 Å². The van der Waals surface area contributed by atoms with Crippen LogP contribution in [-0.2, 0) is 0 Å². The maximum absolute atomic E-state index is 5.14. The summed E-state index contributed by atoms with van der Waals surface area (Å²) in [5, 5.41) is 2.33. The Labute approximate surface area is 296 Å². The van der Waals surface area contributed by atoms with E-state index in [1.807, 2.05) is 36.4 Å². The van der Waals surface area contributed by atoms with Gasteiger partial charge in [0.1, 0.15) is 0 Å². The van der Waals surface area contributed by atoms with Gasteiger partial charge in [-0.2, -0.15) is 0 Å². The van der Waals surface area contributed by atoms with E-state index in [1.54, 1.807) is 22.7 Å². The highest BCUT2D eigenvalue weighted by molar-refractivity contribution is 7.26. The number of hydrogen-bond acceptors (Lipinski definition) is 6. The van der Waals surface area contributed by atoms with Gasteiger partial charge in [-0.3, -0.25) is 0 Å². The van der Waals surface area contributed by atoms with Crippen LogP contribution in [0.15, 0.2) is 158 Å². The van der Waals surface area contributed by atoms with Gasteiger partial charge in [0.05, 0.1) is 31.8 Å². The molecule has 4 nitrogen and oxygen atoms in total. The summed E-state index contributed by atoms with van der Waals surface area (Å²) >= 11 is 3.51. The third kappa shape index (κ3) is 4.88. The lowest BCUT2D eigenvalue weighted by Gasteiger charge is -2.10. The molecule has 10 aromatic rings. The van der Waals surface area contributed by atoms with Crippen LogP contribution in [0.2, 0.25) is 0 Å². The molecule has 0 bridgehead atoms. The van der Waals surface area contributed by atoms with Gasteiger partial charge in [0.2, 0.25) is 0 Å². The summed E-state index contributed by atoms with van der Waals surface area (Å²) in [6, 6.07) is 54.9. The molecule has 6 aromatic carbocycles. The minimum atomic E-state index is 0.740. The van der Waals surface area contributed by atoms with Crippen molar-refractivity contribution in [1.82, 2.24) is 19.9 Å². The summed E-state index contributed by atoms with van der Waals surface area (Å²) in [5.41, 5.74) is 10.4. The van der Waals surface area contributed by atoms with Crippen molar-refractivity contribution in [2.24, 2.45) is 0 Å². The Kier molecular flexibility index (Phi) is 6.82. The largest absolute Gasteiger partial charge is 0.226 e. The first-order chi connectivity index (χ1) is 24.8. The lowest BCUT2D eigenvalue weighted by atomic mass is 10.00. The number of nitrogens with zero attached hydrogens (tertiary/aromatic N) is 4. The average Bonchev–Trinajstić information content (AvgIpc) is 3.77. The van der Waals surface area contributed by atoms with Gasteiger partial charge in [-0.25, -0.2) is 19.9 Å². The molecule has 0 atom stereocenters. The number of rotatable bonds is 5. The molecule has 4 aromatic heterocycles. The van der Waals surface area contributed by atoms with Crippen LogP contribution in [0.5, 0.6) is 0 Å². The van der Waals surface area contributed by atoms with Gasteiger partial charge >= 0.3 is 0 Å². The molecule has 0 radical (unpaired) electrons. The van der Waals surface area contributed by atoms with Gasteiger partial charge in [0.25, 0.3) is 0 Å². The van der Waals surface area contributed by atoms with E-state index in [2.05, 4.69) is 121 Å². The van der Waals surface area contributed by atoms with Crippen molar-refractivity contribution >= 4 is 63.3 Å². The average molecular weight is 675 g/mol. The lowest BCUT2D eigenvalue weighted by Crippen LogP contribution is -1.94. The van der Waals surface area contributed by atoms with E-state index < -0.39 is 0 Å². The highest BCUT2D eigenvalue weighted by Crippen LogP contribution is 2.41. The normalized spacial score (nSPS) is 11.6. The van der Waals surface area contributed by atoms with Crippen molar-refractivity contribution < 1.29 is 0 Å². The molecule has 0 unspecified atom stereocenters. The first-order valence-electron chi connectivity index (χ1n) is 16.5. The van der Waals surface area contributed by atoms with E-state index in [4.69, 9.17) is 19.9 Å². The van der Waals surface area contributed by atoms with Crippen LogP contribution in [0.25, 0.3) is 97.0 Å². The Bertz CT molecular complexity index is 2640. The van der Waals surface area contributed by atoms with Crippen LogP contribution in [0, 0.1) is 0 Å². The second kappa shape index (κ2) is 11.8. The van der Waals surface area contributed by atoms with E-state index in [-0.39, 0.29) is 0 Å². The molecule has 0 saturated heterocycles. The number of hydrogen-bond donors (Lipinski definition) is 0. The van der Waals surface area contributed by atoms with Crippen LogP contribution in [-0.4, -0.2) is 19.9 Å². The fourth-order valence-electron chi connectivity index (χ4n) is 6.65. The zero-order valence-electron chi connectivity index (χ0n) is 26.6. The highest BCUT2D eigenvalue weighted by Gasteiger charge is 2.18. The molecule has 4 heterocycles. The summed E-state index contributed by atoms with van der Waals surface area (Å²) in [7, 11) is 0. The zero-order chi connectivity index (χ0) is 33.0. The number of fused-ring (bicyclic) bond motifs is 6. The first kappa shape index (κ1) is 28.9. The Hall–Kier alpha value is -6.08. The van der Waals surface area contributed by atoms with Gasteiger partial charge < -0.3 is 0 Å². The molecule has 0 N–H and O–H groups in total. The topological polar surface area (TPSA) is 51.6 Å². The predicted molar refractivity (Wildman–Crippen MR) is 211 cm³/mol. The molecule has 0 aliphatic carbocycles. The number of aromatic nitrogens is 4. The minimum absolute atomic E-state index is 0.740. The van der Waals surface area contributed by atoms with Gasteiger partial charge in [0.15, 0.2) is 11.6 Å². The summed E-state index contributed by atoms with van der Waals surface area (Å²) in [4.78, 5) is 20.4. The molecule has 0 fully saturated rings. The summed E-state index contributed by atoms with van der Waals surface area (Å²) in [6.07, 6.45) is 0.